The number of carbonyl (C=O) groups excluding carboxylic acids is 1. The predicted octanol–water partition coefficient (Wildman–Crippen LogP) is 2.73. The number of anilines is 1. The summed E-state index contributed by atoms with van der Waals surface area (Å²) in [7, 11) is 0. The highest BCUT2D eigenvalue weighted by Crippen LogP contribution is 2.30. The van der Waals surface area contributed by atoms with E-state index in [4.69, 9.17) is 4.42 Å². The molecule has 1 aromatic heterocycles. The lowest BCUT2D eigenvalue weighted by molar-refractivity contribution is -0.137. The molecule has 0 bridgehead atoms. The first kappa shape index (κ1) is 14.8. The van der Waals surface area contributed by atoms with Crippen molar-refractivity contribution in [1.82, 2.24) is 0 Å². The molecule has 2 rings (SSSR count). The van der Waals surface area contributed by atoms with Crippen molar-refractivity contribution in [2.24, 2.45) is 0 Å². The SMILES string of the molecule is O.O=C(Nc1cccc(C(F)(F)F)c1)c1ccco1. The van der Waals surface area contributed by atoms with Gasteiger partial charge in [0.1, 0.15) is 0 Å². The van der Waals surface area contributed by atoms with E-state index < -0.39 is 17.6 Å². The van der Waals surface area contributed by atoms with Gasteiger partial charge in [-0.3, -0.25) is 4.79 Å². The Hall–Kier alpha value is -2.28. The van der Waals surface area contributed by atoms with Gasteiger partial charge in [0.15, 0.2) is 5.76 Å². The van der Waals surface area contributed by atoms with Gasteiger partial charge in [-0.15, -0.1) is 0 Å². The molecule has 3 N–H and O–H groups in total. The number of rotatable bonds is 2. The first-order valence-corrected chi connectivity index (χ1v) is 4.99. The zero-order valence-electron chi connectivity index (χ0n) is 9.49. The van der Waals surface area contributed by atoms with Crippen molar-refractivity contribution in [3.05, 3.63) is 54.0 Å². The van der Waals surface area contributed by atoms with Gasteiger partial charge in [-0.25, -0.2) is 0 Å². The molecule has 0 saturated carbocycles. The fourth-order valence-electron chi connectivity index (χ4n) is 1.37. The molecule has 0 spiro atoms. The molecule has 1 aromatic carbocycles. The summed E-state index contributed by atoms with van der Waals surface area (Å²) in [5.74, 6) is -0.563. The number of nitrogens with one attached hydrogen (secondary N) is 1. The molecule has 0 aliphatic rings. The van der Waals surface area contributed by atoms with Gasteiger partial charge in [0.05, 0.1) is 11.8 Å². The number of benzene rings is 1. The summed E-state index contributed by atoms with van der Waals surface area (Å²) in [5.41, 5.74) is -0.758. The maximum Gasteiger partial charge on any atom is 0.416 e. The van der Waals surface area contributed by atoms with Gasteiger partial charge in [0, 0.05) is 5.69 Å². The van der Waals surface area contributed by atoms with Crippen molar-refractivity contribution in [2.75, 3.05) is 5.32 Å². The van der Waals surface area contributed by atoms with E-state index in [0.717, 1.165) is 12.1 Å². The van der Waals surface area contributed by atoms with Crippen molar-refractivity contribution < 1.29 is 27.9 Å². The molecule has 4 nitrogen and oxygen atoms in total. The molecule has 1 amide bonds. The second-order valence-corrected chi connectivity index (χ2v) is 3.51. The Morgan fingerprint density at radius 1 is 1.16 bits per heavy atom. The topological polar surface area (TPSA) is 73.7 Å². The van der Waals surface area contributed by atoms with E-state index in [0.29, 0.717) is 0 Å². The zero-order chi connectivity index (χ0) is 13.2. The molecule has 1 heterocycles. The standard InChI is InChI=1S/C12H8F3NO2.H2O/c13-12(14,15)8-3-1-4-9(7-8)16-11(17)10-5-2-6-18-10;/h1-7H,(H,16,17);1H2. The van der Waals surface area contributed by atoms with Crippen LogP contribution in [0.1, 0.15) is 16.1 Å². The highest BCUT2D eigenvalue weighted by molar-refractivity contribution is 6.02. The number of carbonyl (C=O) groups is 1. The van der Waals surface area contributed by atoms with Crippen LogP contribution < -0.4 is 5.32 Å². The predicted molar refractivity (Wildman–Crippen MR) is 61.7 cm³/mol. The van der Waals surface area contributed by atoms with Gasteiger partial charge in [-0.05, 0) is 30.3 Å². The summed E-state index contributed by atoms with van der Waals surface area (Å²) in [5, 5.41) is 2.32. The number of halogens is 3. The Bertz CT molecular complexity index is 550. The normalized spacial score (nSPS) is 10.7. The van der Waals surface area contributed by atoms with Gasteiger partial charge in [-0.2, -0.15) is 13.2 Å². The number of amides is 1. The van der Waals surface area contributed by atoms with Gasteiger partial charge in [0.2, 0.25) is 0 Å². The molecular formula is C12H10F3NO3. The maximum absolute atomic E-state index is 12.4. The second-order valence-electron chi connectivity index (χ2n) is 3.51. The van der Waals surface area contributed by atoms with E-state index in [9.17, 15) is 18.0 Å². The zero-order valence-corrected chi connectivity index (χ0v) is 9.49. The molecular weight excluding hydrogens is 263 g/mol. The van der Waals surface area contributed by atoms with Gasteiger partial charge in [-0.1, -0.05) is 6.07 Å². The number of alkyl halides is 3. The number of furan rings is 1. The van der Waals surface area contributed by atoms with Crippen LogP contribution in [-0.2, 0) is 6.18 Å². The summed E-state index contributed by atoms with van der Waals surface area (Å²) < 4.78 is 42.2. The van der Waals surface area contributed by atoms with E-state index >= 15 is 0 Å². The van der Waals surface area contributed by atoms with Crippen LogP contribution in [0.5, 0.6) is 0 Å². The van der Waals surface area contributed by atoms with E-state index in [1.54, 1.807) is 0 Å². The Morgan fingerprint density at radius 2 is 1.89 bits per heavy atom. The van der Waals surface area contributed by atoms with Gasteiger partial charge in [0.25, 0.3) is 5.91 Å². The highest BCUT2D eigenvalue weighted by Gasteiger charge is 2.30. The molecule has 102 valence electrons. The smallest absolute Gasteiger partial charge is 0.416 e. The molecule has 19 heavy (non-hydrogen) atoms. The van der Waals surface area contributed by atoms with Gasteiger partial charge >= 0.3 is 6.18 Å². The molecule has 0 unspecified atom stereocenters. The quantitative estimate of drug-likeness (QED) is 0.913. The highest BCUT2D eigenvalue weighted by atomic mass is 19.4. The minimum atomic E-state index is -4.44. The minimum Gasteiger partial charge on any atom is -0.459 e. The lowest BCUT2D eigenvalue weighted by atomic mass is 10.2. The molecule has 7 heteroatoms. The average Bonchev–Trinajstić information content (AvgIpc) is 2.81. The average molecular weight is 273 g/mol. The summed E-state index contributed by atoms with van der Waals surface area (Å²) in [6.07, 6.45) is -3.13. The minimum absolute atomic E-state index is 0. The Kier molecular flexibility index (Phi) is 4.34. The maximum atomic E-state index is 12.4. The van der Waals surface area contributed by atoms with Crippen molar-refractivity contribution in [3.8, 4) is 0 Å². The number of hydrogen-bond acceptors (Lipinski definition) is 2. The third-order valence-electron chi connectivity index (χ3n) is 2.19. The van der Waals surface area contributed by atoms with Gasteiger partial charge < -0.3 is 15.2 Å². The Labute approximate surface area is 106 Å². The largest absolute Gasteiger partial charge is 0.459 e. The van der Waals surface area contributed by atoms with E-state index in [-0.39, 0.29) is 16.9 Å². The van der Waals surface area contributed by atoms with Crippen LogP contribution in [0.4, 0.5) is 18.9 Å². The molecule has 2 aromatic rings. The number of hydrogen-bond donors (Lipinski definition) is 1. The van der Waals surface area contributed by atoms with Crippen molar-refractivity contribution in [1.29, 1.82) is 0 Å². The van der Waals surface area contributed by atoms with Crippen LogP contribution in [0.25, 0.3) is 0 Å². The van der Waals surface area contributed by atoms with E-state index in [2.05, 4.69) is 5.32 Å². The summed E-state index contributed by atoms with van der Waals surface area (Å²) in [6.45, 7) is 0. The Balaban J connectivity index is 0.00000180. The van der Waals surface area contributed by atoms with Crippen LogP contribution in [-0.4, -0.2) is 11.4 Å². The molecule has 0 aliphatic carbocycles. The van der Waals surface area contributed by atoms with Crippen LogP contribution in [0.3, 0.4) is 0 Å². The van der Waals surface area contributed by atoms with Crippen LogP contribution in [0.2, 0.25) is 0 Å². The molecule has 0 atom stereocenters. The second kappa shape index (κ2) is 5.57. The van der Waals surface area contributed by atoms with Crippen LogP contribution in [0.15, 0.2) is 47.1 Å². The molecule has 0 fully saturated rings. The third kappa shape index (κ3) is 3.59. The summed E-state index contributed by atoms with van der Waals surface area (Å²) in [6, 6.07) is 7.32. The fourth-order valence-corrected chi connectivity index (χ4v) is 1.37. The summed E-state index contributed by atoms with van der Waals surface area (Å²) in [4.78, 5) is 11.6. The van der Waals surface area contributed by atoms with Crippen molar-refractivity contribution in [3.63, 3.8) is 0 Å². The van der Waals surface area contributed by atoms with Crippen molar-refractivity contribution in [2.45, 2.75) is 6.18 Å². The molecule has 0 aliphatic heterocycles. The summed E-state index contributed by atoms with van der Waals surface area (Å²) >= 11 is 0. The van der Waals surface area contributed by atoms with E-state index in [1.165, 1.54) is 30.5 Å². The van der Waals surface area contributed by atoms with E-state index in [1.807, 2.05) is 0 Å². The lowest BCUT2D eigenvalue weighted by Gasteiger charge is -2.09. The Morgan fingerprint density at radius 3 is 2.47 bits per heavy atom. The first-order chi connectivity index (χ1) is 8.47. The fraction of sp³-hybridized carbons (Fsp3) is 0.0833. The van der Waals surface area contributed by atoms with Crippen LogP contribution in [0, 0.1) is 0 Å². The molecule has 0 saturated heterocycles. The van der Waals surface area contributed by atoms with Crippen molar-refractivity contribution >= 4 is 11.6 Å². The lowest BCUT2D eigenvalue weighted by Crippen LogP contribution is -2.12. The molecule has 0 radical (unpaired) electrons. The van der Waals surface area contributed by atoms with Crippen LogP contribution >= 0.6 is 0 Å². The first-order valence-electron chi connectivity index (χ1n) is 4.99. The monoisotopic (exact) mass is 273 g/mol. The third-order valence-corrected chi connectivity index (χ3v) is 2.19.